The second kappa shape index (κ2) is 9.19. The van der Waals surface area contributed by atoms with Crippen LogP contribution in [0.15, 0.2) is 59.5 Å². The zero-order valence-electron chi connectivity index (χ0n) is 16.3. The van der Waals surface area contributed by atoms with E-state index in [0.717, 1.165) is 36.8 Å². The van der Waals surface area contributed by atoms with Gasteiger partial charge in [-0.15, -0.1) is 11.8 Å². The molecule has 0 saturated heterocycles. The Morgan fingerprint density at radius 2 is 1.52 bits per heavy atom. The zero-order chi connectivity index (χ0) is 20.2. The molecule has 0 radical (unpaired) electrons. The molecule has 2 aromatic rings. The maximum absolute atomic E-state index is 13.4. The Balaban J connectivity index is 1.67. The molecule has 0 unspecified atom stereocenters. The van der Waals surface area contributed by atoms with Crippen molar-refractivity contribution in [2.45, 2.75) is 50.3 Å². The molecule has 1 aliphatic carbocycles. The quantitative estimate of drug-likeness (QED) is 0.430. The van der Waals surface area contributed by atoms with Crippen LogP contribution in [-0.2, 0) is 15.3 Å². The fraction of sp³-hybridized carbons (Fsp3) is 0.333. The average molecular weight is 426 g/mol. The van der Waals surface area contributed by atoms with Crippen molar-refractivity contribution < 1.29 is 9.59 Å². The van der Waals surface area contributed by atoms with E-state index in [2.05, 4.69) is 0 Å². The predicted octanol–water partition coefficient (Wildman–Crippen LogP) is 6.08. The van der Waals surface area contributed by atoms with Gasteiger partial charge in [0, 0.05) is 16.8 Å². The van der Waals surface area contributed by atoms with Crippen LogP contribution in [0.2, 0.25) is 5.02 Å². The number of hydrogen-bond acceptors (Lipinski definition) is 3. The lowest BCUT2D eigenvalue weighted by molar-refractivity contribution is -0.139. The third-order valence-corrected chi connectivity index (χ3v) is 7.02. The largest absolute Gasteiger partial charge is 0.271 e. The summed E-state index contributed by atoms with van der Waals surface area (Å²) in [7, 11) is 0. The van der Waals surface area contributed by atoms with Crippen molar-refractivity contribution in [2.75, 3.05) is 0 Å². The molecule has 2 amide bonds. The summed E-state index contributed by atoms with van der Waals surface area (Å²) in [5.74, 6) is 0.373. The third-order valence-electron chi connectivity index (χ3n) is 5.62. The number of rotatable bonds is 5. The fourth-order valence-electron chi connectivity index (χ4n) is 4.11. The number of imide groups is 1. The summed E-state index contributed by atoms with van der Waals surface area (Å²) in [6.07, 6.45) is 6.32. The van der Waals surface area contributed by atoms with Gasteiger partial charge in [-0.05, 0) is 36.1 Å². The van der Waals surface area contributed by atoms with Gasteiger partial charge >= 0.3 is 0 Å². The van der Waals surface area contributed by atoms with Crippen molar-refractivity contribution in [1.82, 2.24) is 4.90 Å². The van der Waals surface area contributed by atoms with Gasteiger partial charge in [-0.25, -0.2) is 0 Å². The number of hydrogen-bond donors (Lipinski definition) is 0. The van der Waals surface area contributed by atoms with Gasteiger partial charge < -0.3 is 0 Å². The average Bonchev–Trinajstić information content (AvgIpc) is 2.90. The molecular weight excluding hydrogens is 402 g/mol. The Bertz CT molecular complexity index is 916. The minimum Gasteiger partial charge on any atom is -0.271 e. The predicted molar refractivity (Wildman–Crippen MR) is 119 cm³/mol. The summed E-state index contributed by atoms with van der Waals surface area (Å²) in [6.45, 7) is 0. The minimum absolute atomic E-state index is 0.00891. The standard InChI is InChI=1S/C24H24ClNO2S/c25-19-14-12-18(13-15-19)21-22(29-16-17-8-4-3-5-9-17)24(28)26(23(21)27)20-10-6-1-2-7-11-20/h3-5,8-9,12-15,20H,1-2,6-7,10-11,16H2. The Morgan fingerprint density at radius 3 is 2.17 bits per heavy atom. The Labute approximate surface area is 181 Å². The van der Waals surface area contributed by atoms with Crippen molar-refractivity contribution >= 4 is 40.8 Å². The second-order valence-corrected chi connectivity index (χ2v) is 9.03. The number of thioether (sulfide) groups is 1. The highest BCUT2D eigenvalue weighted by Gasteiger charge is 2.42. The van der Waals surface area contributed by atoms with Crippen molar-refractivity contribution in [1.29, 1.82) is 0 Å². The van der Waals surface area contributed by atoms with Crippen LogP contribution in [0.5, 0.6) is 0 Å². The lowest BCUT2D eigenvalue weighted by Crippen LogP contribution is -2.40. The van der Waals surface area contributed by atoms with Gasteiger partial charge in [-0.1, -0.05) is 79.7 Å². The van der Waals surface area contributed by atoms with Gasteiger partial charge in [0.25, 0.3) is 11.8 Å². The highest BCUT2D eigenvalue weighted by molar-refractivity contribution is 8.03. The monoisotopic (exact) mass is 425 g/mol. The summed E-state index contributed by atoms with van der Waals surface area (Å²) in [4.78, 5) is 28.9. The van der Waals surface area contributed by atoms with Crippen LogP contribution in [0.25, 0.3) is 5.57 Å². The van der Waals surface area contributed by atoms with E-state index in [4.69, 9.17) is 11.6 Å². The molecular formula is C24H24ClNO2S. The minimum atomic E-state index is -0.153. The molecule has 0 aromatic heterocycles. The first kappa shape index (κ1) is 20.2. The molecule has 5 heteroatoms. The number of benzene rings is 2. The molecule has 0 spiro atoms. The molecule has 1 heterocycles. The van der Waals surface area contributed by atoms with Crippen LogP contribution < -0.4 is 0 Å². The molecule has 2 aromatic carbocycles. The van der Waals surface area contributed by atoms with Crippen molar-refractivity contribution in [3.05, 3.63) is 75.7 Å². The van der Waals surface area contributed by atoms with Gasteiger partial charge in [0.2, 0.25) is 0 Å². The smallest absolute Gasteiger partial charge is 0.268 e. The van der Waals surface area contributed by atoms with E-state index in [1.165, 1.54) is 24.6 Å². The van der Waals surface area contributed by atoms with Crippen LogP contribution in [0, 0.1) is 0 Å². The molecule has 29 heavy (non-hydrogen) atoms. The summed E-state index contributed by atoms with van der Waals surface area (Å²) in [5.41, 5.74) is 2.42. The Kier molecular flexibility index (Phi) is 6.41. The van der Waals surface area contributed by atoms with Crippen molar-refractivity contribution in [3.63, 3.8) is 0 Å². The van der Waals surface area contributed by atoms with E-state index < -0.39 is 0 Å². The third kappa shape index (κ3) is 4.44. The van der Waals surface area contributed by atoms with E-state index in [0.29, 0.717) is 21.3 Å². The molecule has 3 nitrogen and oxygen atoms in total. The van der Waals surface area contributed by atoms with Crippen LogP contribution in [0.3, 0.4) is 0 Å². The van der Waals surface area contributed by atoms with Gasteiger partial charge in [-0.2, -0.15) is 0 Å². The van der Waals surface area contributed by atoms with Crippen molar-refractivity contribution in [3.8, 4) is 0 Å². The molecule has 0 atom stereocenters. The van der Waals surface area contributed by atoms with Crippen molar-refractivity contribution in [2.24, 2.45) is 0 Å². The number of nitrogens with zero attached hydrogens (tertiary/aromatic N) is 1. The molecule has 0 bridgehead atoms. The molecule has 1 aliphatic heterocycles. The summed E-state index contributed by atoms with van der Waals surface area (Å²) >= 11 is 7.51. The van der Waals surface area contributed by atoms with E-state index in [1.54, 1.807) is 17.0 Å². The number of carbonyl (C=O) groups is 2. The van der Waals surface area contributed by atoms with Gasteiger partial charge in [-0.3, -0.25) is 14.5 Å². The lowest BCUT2D eigenvalue weighted by Gasteiger charge is -2.25. The number of amides is 2. The van der Waals surface area contributed by atoms with E-state index in [-0.39, 0.29) is 17.9 Å². The van der Waals surface area contributed by atoms with Crippen LogP contribution in [0.4, 0.5) is 0 Å². The normalized spacial score (nSPS) is 18.4. The molecule has 2 aliphatic rings. The van der Waals surface area contributed by atoms with E-state index >= 15 is 0 Å². The summed E-state index contributed by atoms with van der Waals surface area (Å²) < 4.78 is 0. The van der Waals surface area contributed by atoms with Crippen LogP contribution in [-0.4, -0.2) is 22.8 Å². The summed E-state index contributed by atoms with van der Waals surface area (Å²) in [6, 6.07) is 17.3. The van der Waals surface area contributed by atoms with Gasteiger partial charge in [0.15, 0.2) is 0 Å². The Morgan fingerprint density at radius 1 is 0.862 bits per heavy atom. The second-order valence-electron chi connectivity index (χ2n) is 7.61. The van der Waals surface area contributed by atoms with Gasteiger partial charge in [0.05, 0.1) is 10.5 Å². The molecule has 4 rings (SSSR count). The summed E-state index contributed by atoms with van der Waals surface area (Å²) in [5, 5.41) is 0.616. The maximum Gasteiger partial charge on any atom is 0.268 e. The zero-order valence-corrected chi connectivity index (χ0v) is 17.8. The van der Waals surface area contributed by atoms with E-state index in [9.17, 15) is 9.59 Å². The molecule has 0 N–H and O–H groups in total. The maximum atomic E-state index is 13.4. The molecule has 1 fully saturated rings. The topological polar surface area (TPSA) is 37.4 Å². The van der Waals surface area contributed by atoms with E-state index in [1.807, 2.05) is 42.5 Å². The first-order valence-electron chi connectivity index (χ1n) is 10.2. The first-order chi connectivity index (χ1) is 14.1. The van der Waals surface area contributed by atoms with Gasteiger partial charge in [0.1, 0.15) is 0 Å². The molecule has 150 valence electrons. The van der Waals surface area contributed by atoms with Crippen LogP contribution in [0.1, 0.15) is 49.7 Å². The van der Waals surface area contributed by atoms with Crippen LogP contribution >= 0.6 is 23.4 Å². The highest BCUT2D eigenvalue weighted by atomic mass is 35.5. The fourth-order valence-corrected chi connectivity index (χ4v) is 5.31. The number of carbonyl (C=O) groups excluding carboxylic acids is 2. The first-order valence-corrected chi connectivity index (χ1v) is 11.6. The molecule has 1 saturated carbocycles. The Hall–Kier alpha value is -2.04. The lowest BCUT2D eigenvalue weighted by atomic mass is 10.0. The SMILES string of the molecule is O=C1C(SCc2ccccc2)=C(c2ccc(Cl)cc2)C(=O)N1C1CCCCCC1. The number of halogens is 1. The highest BCUT2D eigenvalue weighted by Crippen LogP contribution is 2.40.